The minimum Gasteiger partial charge on any atom is -0.436 e. The Morgan fingerprint density at radius 1 is 1.14 bits per heavy atom. The van der Waals surface area contributed by atoms with Crippen LogP contribution < -0.4 is 10.1 Å². The molecule has 0 fully saturated rings. The van der Waals surface area contributed by atoms with Crippen molar-refractivity contribution in [2.24, 2.45) is 0 Å². The number of rotatable bonds is 4. The Bertz CT molecular complexity index is 762. The molecule has 5 nitrogen and oxygen atoms in total. The van der Waals surface area contributed by atoms with Crippen molar-refractivity contribution in [3.05, 3.63) is 42.0 Å². The van der Waals surface area contributed by atoms with Gasteiger partial charge >= 0.3 is 0 Å². The molecule has 0 atom stereocenters. The third kappa shape index (κ3) is 3.46. The number of nitrogens with zero attached hydrogens (tertiary/aromatic N) is 1. The van der Waals surface area contributed by atoms with E-state index in [1.165, 1.54) is 31.3 Å². The molecule has 0 saturated carbocycles. The molecule has 2 aromatic rings. The lowest BCUT2D eigenvalue weighted by Crippen LogP contribution is -2.01. The molecule has 0 bridgehead atoms. The second kappa shape index (κ2) is 5.65. The van der Waals surface area contributed by atoms with Gasteiger partial charge in [-0.2, -0.15) is 4.98 Å². The van der Waals surface area contributed by atoms with Crippen LogP contribution in [-0.4, -0.2) is 26.7 Å². The molecule has 0 aliphatic carbocycles. The average Bonchev–Trinajstić information content (AvgIpc) is 2.41. The van der Waals surface area contributed by atoms with Gasteiger partial charge in [0.15, 0.2) is 27.3 Å². The fraction of sp³-hybridized carbons (Fsp3) is 0.154. The second-order valence-electron chi connectivity index (χ2n) is 4.20. The first-order valence-corrected chi connectivity index (χ1v) is 7.72. The third-order valence-corrected chi connectivity index (χ3v) is 3.73. The number of aromatic nitrogens is 1. The summed E-state index contributed by atoms with van der Waals surface area (Å²) in [6.07, 6.45) is 1.07. The maximum Gasteiger partial charge on any atom is 0.258 e. The average molecular weight is 314 g/mol. The molecule has 0 amide bonds. The maximum atomic E-state index is 13.6. The number of hydrogen-bond donors (Lipinski definition) is 1. The van der Waals surface area contributed by atoms with Gasteiger partial charge in [0.05, 0.1) is 4.90 Å². The second-order valence-corrected chi connectivity index (χ2v) is 6.22. The van der Waals surface area contributed by atoms with Gasteiger partial charge in [0.1, 0.15) is 5.75 Å². The summed E-state index contributed by atoms with van der Waals surface area (Å²) >= 11 is 0. The number of ether oxygens (including phenoxy) is 1. The van der Waals surface area contributed by atoms with E-state index in [0.717, 1.165) is 6.26 Å². The van der Waals surface area contributed by atoms with Crippen molar-refractivity contribution >= 4 is 15.7 Å². The molecule has 0 saturated heterocycles. The highest BCUT2D eigenvalue weighted by molar-refractivity contribution is 7.90. The van der Waals surface area contributed by atoms with Crippen LogP contribution in [0.5, 0.6) is 11.6 Å². The number of pyridine rings is 1. The van der Waals surface area contributed by atoms with E-state index in [2.05, 4.69) is 10.3 Å². The number of hydrogen-bond acceptors (Lipinski definition) is 5. The van der Waals surface area contributed by atoms with Crippen molar-refractivity contribution in [1.29, 1.82) is 0 Å². The minimum atomic E-state index is -3.32. The van der Waals surface area contributed by atoms with Crippen LogP contribution in [0, 0.1) is 11.6 Å². The summed E-state index contributed by atoms with van der Waals surface area (Å²) in [4.78, 5) is 3.76. The number of sulfone groups is 1. The van der Waals surface area contributed by atoms with Crippen molar-refractivity contribution in [3.8, 4) is 11.6 Å². The van der Waals surface area contributed by atoms with E-state index in [1.807, 2.05) is 0 Å². The molecule has 21 heavy (non-hydrogen) atoms. The van der Waals surface area contributed by atoms with Crippen LogP contribution in [0.3, 0.4) is 0 Å². The predicted octanol–water partition coefficient (Wildman–Crippen LogP) is 2.60. The Hall–Kier alpha value is -2.22. The molecule has 1 aromatic heterocycles. The topological polar surface area (TPSA) is 68.3 Å². The van der Waals surface area contributed by atoms with E-state index in [1.54, 1.807) is 0 Å². The summed E-state index contributed by atoms with van der Waals surface area (Å²) in [5.74, 6) is -2.18. The minimum absolute atomic E-state index is 0.110. The zero-order valence-corrected chi connectivity index (χ0v) is 12.0. The normalized spacial score (nSPS) is 11.2. The first kappa shape index (κ1) is 15.2. The molecule has 0 unspecified atom stereocenters. The molecule has 112 valence electrons. The predicted molar refractivity (Wildman–Crippen MR) is 73.3 cm³/mol. The molecule has 8 heteroatoms. The Balaban J connectivity index is 2.30. The smallest absolute Gasteiger partial charge is 0.258 e. The molecule has 2 rings (SSSR count). The number of halogens is 2. The number of benzene rings is 1. The quantitative estimate of drug-likeness (QED) is 0.939. The van der Waals surface area contributed by atoms with Gasteiger partial charge in [-0.15, -0.1) is 0 Å². The molecular weight excluding hydrogens is 302 g/mol. The van der Waals surface area contributed by atoms with E-state index in [-0.39, 0.29) is 16.5 Å². The summed E-state index contributed by atoms with van der Waals surface area (Å²) in [6.45, 7) is 0. The van der Waals surface area contributed by atoms with Gasteiger partial charge in [-0.05, 0) is 24.3 Å². The molecule has 0 aliphatic rings. The van der Waals surface area contributed by atoms with Gasteiger partial charge < -0.3 is 10.1 Å². The lowest BCUT2D eigenvalue weighted by molar-refractivity contribution is 0.418. The van der Waals surface area contributed by atoms with Crippen molar-refractivity contribution in [3.63, 3.8) is 0 Å². The van der Waals surface area contributed by atoms with E-state index in [9.17, 15) is 17.2 Å². The Morgan fingerprint density at radius 3 is 2.29 bits per heavy atom. The fourth-order valence-electron chi connectivity index (χ4n) is 1.56. The number of anilines is 1. The van der Waals surface area contributed by atoms with E-state index < -0.39 is 27.4 Å². The van der Waals surface area contributed by atoms with Crippen LogP contribution in [0.1, 0.15) is 0 Å². The van der Waals surface area contributed by atoms with Crippen LogP contribution in [-0.2, 0) is 9.84 Å². The SMILES string of the molecule is CNc1nc(Oc2ccc(S(C)(=O)=O)cc2)c(F)cc1F. The summed E-state index contributed by atoms with van der Waals surface area (Å²) in [5.41, 5.74) is 0. The van der Waals surface area contributed by atoms with Gasteiger partial charge in [0, 0.05) is 19.4 Å². The highest BCUT2D eigenvalue weighted by atomic mass is 32.2. The van der Waals surface area contributed by atoms with Gasteiger partial charge in [0.2, 0.25) is 0 Å². The van der Waals surface area contributed by atoms with Gasteiger partial charge in [-0.1, -0.05) is 0 Å². The lowest BCUT2D eigenvalue weighted by atomic mass is 10.3. The Labute approximate surface area is 120 Å². The number of nitrogens with one attached hydrogen (secondary N) is 1. The first-order valence-electron chi connectivity index (χ1n) is 5.83. The molecule has 0 spiro atoms. The Morgan fingerprint density at radius 2 is 1.76 bits per heavy atom. The molecule has 1 aromatic carbocycles. The lowest BCUT2D eigenvalue weighted by Gasteiger charge is -2.09. The largest absolute Gasteiger partial charge is 0.436 e. The zero-order valence-electron chi connectivity index (χ0n) is 11.2. The summed E-state index contributed by atoms with van der Waals surface area (Å²) in [6, 6.07) is 6.02. The van der Waals surface area contributed by atoms with Gasteiger partial charge in [-0.25, -0.2) is 17.2 Å². The maximum absolute atomic E-state index is 13.6. The first-order chi connectivity index (χ1) is 9.81. The highest BCUT2D eigenvalue weighted by Crippen LogP contribution is 2.26. The van der Waals surface area contributed by atoms with Crippen molar-refractivity contribution in [2.75, 3.05) is 18.6 Å². The van der Waals surface area contributed by atoms with Crippen LogP contribution in [0.15, 0.2) is 35.2 Å². The van der Waals surface area contributed by atoms with Crippen molar-refractivity contribution < 1.29 is 21.9 Å². The molecule has 0 aliphatic heterocycles. The van der Waals surface area contributed by atoms with Crippen LogP contribution >= 0.6 is 0 Å². The van der Waals surface area contributed by atoms with Crippen molar-refractivity contribution in [2.45, 2.75) is 4.90 Å². The molecule has 1 N–H and O–H groups in total. The molecular formula is C13H12F2N2O3S. The monoisotopic (exact) mass is 314 g/mol. The molecule has 0 radical (unpaired) electrons. The standard InChI is InChI=1S/C13H12F2N2O3S/c1-16-12-10(14)7-11(15)13(17-12)20-8-3-5-9(6-4-8)21(2,18)19/h3-7H,1-2H3,(H,16,17). The highest BCUT2D eigenvalue weighted by Gasteiger charge is 2.13. The van der Waals surface area contributed by atoms with Crippen LogP contribution in [0.2, 0.25) is 0 Å². The summed E-state index contributed by atoms with van der Waals surface area (Å²) < 4.78 is 54.7. The molecule has 1 heterocycles. The van der Waals surface area contributed by atoms with E-state index in [4.69, 9.17) is 4.74 Å². The van der Waals surface area contributed by atoms with Gasteiger partial charge in [0.25, 0.3) is 5.88 Å². The summed E-state index contributed by atoms with van der Waals surface area (Å²) in [5, 5.41) is 2.47. The van der Waals surface area contributed by atoms with Crippen LogP contribution in [0.25, 0.3) is 0 Å². The van der Waals surface area contributed by atoms with Gasteiger partial charge in [-0.3, -0.25) is 0 Å². The Kier molecular flexibility index (Phi) is 4.08. The van der Waals surface area contributed by atoms with Crippen LogP contribution in [0.4, 0.5) is 14.6 Å². The fourth-order valence-corrected chi connectivity index (χ4v) is 2.19. The zero-order chi connectivity index (χ0) is 15.6. The van der Waals surface area contributed by atoms with E-state index in [0.29, 0.717) is 6.07 Å². The van der Waals surface area contributed by atoms with Crippen molar-refractivity contribution in [1.82, 2.24) is 4.98 Å². The van der Waals surface area contributed by atoms with E-state index >= 15 is 0 Å². The third-order valence-electron chi connectivity index (χ3n) is 2.60. The summed E-state index contributed by atoms with van der Waals surface area (Å²) in [7, 11) is -1.88.